The van der Waals surface area contributed by atoms with Crippen LogP contribution in [-0.4, -0.2) is 12.8 Å². The molecule has 0 bridgehead atoms. The van der Waals surface area contributed by atoms with Crippen LogP contribution < -0.4 is 4.74 Å². The number of nitrogens with zero attached hydrogens (tertiary/aromatic N) is 1. The minimum atomic E-state index is -4.50. The van der Waals surface area contributed by atoms with Crippen LogP contribution in [0.5, 0.6) is 5.75 Å². The molecule has 150 valence electrons. The molecule has 0 saturated heterocycles. The van der Waals surface area contributed by atoms with Gasteiger partial charge in [0.2, 0.25) is 0 Å². The predicted molar refractivity (Wildman–Crippen MR) is 106 cm³/mol. The van der Waals surface area contributed by atoms with Gasteiger partial charge in [0.05, 0.1) is 5.56 Å². The van der Waals surface area contributed by atoms with Crippen LogP contribution in [0.1, 0.15) is 22.3 Å². The smallest absolute Gasteiger partial charge is 0.419 e. The van der Waals surface area contributed by atoms with Gasteiger partial charge in [-0.1, -0.05) is 65.3 Å². The van der Waals surface area contributed by atoms with Crippen molar-refractivity contribution in [2.24, 2.45) is 5.16 Å². The number of benzene rings is 3. The lowest BCUT2D eigenvalue weighted by Crippen LogP contribution is -2.11. The van der Waals surface area contributed by atoms with Crippen molar-refractivity contribution in [2.75, 3.05) is 7.11 Å². The normalized spacial score (nSPS) is 12.0. The Morgan fingerprint density at radius 2 is 1.59 bits per heavy atom. The van der Waals surface area contributed by atoms with E-state index < -0.39 is 11.7 Å². The maximum Gasteiger partial charge on any atom is 0.419 e. The van der Waals surface area contributed by atoms with E-state index in [1.807, 2.05) is 6.07 Å². The van der Waals surface area contributed by atoms with Crippen molar-refractivity contribution in [2.45, 2.75) is 12.8 Å². The Labute approximate surface area is 171 Å². The SMILES string of the molecule is CO/N=C(/c1ccc(Cl)cc1)c1ccccc1COc1ccccc1C(F)(F)F. The van der Waals surface area contributed by atoms with Gasteiger partial charge in [-0.15, -0.1) is 0 Å². The van der Waals surface area contributed by atoms with Crippen LogP contribution >= 0.6 is 11.6 Å². The highest BCUT2D eigenvalue weighted by Gasteiger charge is 2.34. The Balaban J connectivity index is 1.93. The molecular weight excluding hydrogens is 403 g/mol. The topological polar surface area (TPSA) is 30.8 Å². The summed E-state index contributed by atoms with van der Waals surface area (Å²) < 4.78 is 45.2. The molecule has 0 radical (unpaired) electrons. The fourth-order valence-electron chi connectivity index (χ4n) is 2.82. The van der Waals surface area contributed by atoms with Crippen LogP contribution in [0, 0.1) is 0 Å². The van der Waals surface area contributed by atoms with Crippen LogP contribution in [0.25, 0.3) is 0 Å². The number of para-hydroxylation sites is 1. The number of halogens is 4. The van der Waals surface area contributed by atoms with E-state index in [1.165, 1.54) is 25.3 Å². The molecule has 7 heteroatoms. The molecule has 0 atom stereocenters. The summed E-state index contributed by atoms with van der Waals surface area (Å²) >= 11 is 5.96. The van der Waals surface area contributed by atoms with E-state index in [-0.39, 0.29) is 12.4 Å². The average molecular weight is 420 g/mol. The summed E-state index contributed by atoms with van der Waals surface area (Å²) in [5, 5.41) is 4.68. The molecule has 0 spiro atoms. The van der Waals surface area contributed by atoms with E-state index >= 15 is 0 Å². The van der Waals surface area contributed by atoms with Crippen molar-refractivity contribution in [3.63, 3.8) is 0 Å². The van der Waals surface area contributed by atoms with Crippen molar-refractivity contribution in [3.05, 3.63) is 100 Å². The van der Waals surface area contributed by atoms with Gasteiger partial charge in [-0.3, -0.25) is 0 Å². The molecule has 0 amide bonds. The zero-order chi connectivity index (χ0) is 20.9. The number of oxime groups is 1. The summed E-state index contributed by atoms with van der Waals surface area (Å²) in [5.41, 5.74) is 1.80. The lowest BCUT2D eigenvalue weighted by atomic mass is 9.98. The molecule has 0 aliphatic carbocycles. The summed E-state index contributed by atoms with van der Waals surface area (Å²) in [6, 6.07) is 19.3. The van der Waals surface area contributed by atoms with Gasteiger partial charge in [0.15, 0.2) is 0 Å². The molecule has 3 aromatic carbocycles. The molecule has 0 aliphatic rings. The minimum Gasteiger partial charge on any atom is -0.488 e. The van der Waals surface area contributed by atoms with E-state index in [1.54, 1.807) is 42.5 Å². The number of rotatable bonds is 6. The number of hydrogen-bond acceptors (Lipinski definition) is 3. The molecule has 0 fully saturated rings. The molecule has 0 unspecified atom stereocenters. The highest BCUT2D eigenvalue weighted by molar-refractivity contribution is 6.30. The third-order valence-corrected chi connectivity index (χ3v) is 4.40. The van der Waals surface area contributed by atoms with E-state index in [0.717, 1.165) is 11.6 Å². The highest BCUT2D eigenvalue weighted by atomic mass is 35.5. The van der Waals surface area contributed by atoms with Crippen LogP contribution in [0.15, 0.2) is 78.0 Å². The van der Waals surface area contributed by atoms with Crippen molar-refractivity contribution in [1.82, 2.24) is 0 Å². The van der Waals surface area contributed by atoms with Gasteiger partial charge in [0.25, 0.3) is 0 Å². The zero-order valence-corrected chi connectivity index (χ0v) is 16.2. The fourth-order valence-corrected chi connectivity index (χ4v) is 2.94. The van der Waals surface area contributed by atoms with E-state index in [9.17, 15) is 13.2 Å². The first-order valence-corrected chi connectivity index (χ1v) is 9.02. The zero-order valence-electron chi connectivity index (χ0n) is 15.4. The second-order valence-corrected chi connectivity index (χ2v) is 6.51. The van der Waals surface area contributed by atoms with Crippen molar-refractivity contribution in [1.29, 1.82) is 0 Å². The largest absolute Gasteiger partial charge is 0.488 e. The first-order chi connectivity index (χ1) is 13.9. The van der Waals surface area contributed by atoms with E-state index in [2.05, 4.69) is 5.16 Å². The number of alkyl halides is 3. The second kappa shape index (κ2) is 9.01. The molecule has 0 N–H and O–H groups in total. The van der Waals surface area contributed by atoms with E-state index in [4.69, 9.17) is 21.2 Å². The summed E-state index contributed by atoms with van der Waals surface area (Å²) in [6.07, 6.45) is -4.50. The summed E-state index contributed by atoms with van der Waals surface area (Å²) in [4.78, 5) is 4.99. The summed E-state index contributed by atoms with van der Waals surface area (Å²) in [6.45, 7) is -0.0699. The lowest BCUT2D eigenvalue weighted by Gasteiger charge is -2.16. The van der Waals surface area contributed by atoms with Gasteiger partial charge >= 0.3 is 6.18 Å². The van der Waals surface area contributed by atoms with Gasteiger partial charge in [-0.25, -0.2) is 0 Å². The molecule has 3 rings (SSSR count). The van der Waals surface area contributed by atoms with Crippen LogP contribution in [0.4, 0.5) is 13.2 Å². The molecule has 0 saturated carbocycles. The monoisotopic (exact) mass is 419 g/mol. The van der Waals surface area contributed by atoms with Crippen LogP contribution in [-0.2, 0) is 17.6 Å². The fraction of sp³-hybridized carbons (Fsp3) is 0.136. The van der Waals surface area contributed by atoms with Crippen molar-refractivity contribution >= 4 is 17.3 Å². The second-order valence-electron chi connectivity index (χ2n) is 6.07. The quantitative estimate of drug-likeness (QED) is 0.345. The Hall–Kier alpha value is -2.99. The third-order valence-electron chi connectivity index (χ3n) is 4.15. The summed E-state index contributed by atoms with van der Waals surface area (Å²) in [7, 11) is 1.43. The lowest BCUT2D eigenvalue weighted by molar-refractivity contribution is -0.139. The summed E-state index contributed by atoms with van der Waals surface area (Å²) in [5.74, 6) is -0.230. The molecule has 29 heavy (non-hydrogen) atoms. The molecule has 0 heterocycles. The Kier molecular flexibility index (Phi) is 6.44. The van der Waals surface area contributed by atoms with Crippen molar-refractivity contribution in [3.8, 4) is 5.75 Å². The van der Waals surface area contributed by atoms with Crippen LogP contribution in [0.2, 0.25) is 5.02 Å². The van der Waals surface area contributed by atoms with Gasteiger partial charge < -0.3 is 9.57 Å². The molecule has 0 aromatic heterocycles. The number of ether oxygens (including phenoxy) is 1. The van der Waals surface area contributed by atoms with Crippen molar-refractivity contribution < 1.29 is 22.7 Å². The molecule has 0 aliphatic heterocycles. The van der Waals surface area contributed by atoms with Gasteiger partial charge in [-0.05, 0) is 29.8 Å². The van der Waals surface area contributed by atoms with Gasteiger partial charge in [0.1, 0.15) is 25.2 Å². The Morgan fingerprint density at radius 3 is 2.28 bits per heavy atom. The van der Waals surface area contributed by atoms with Gasteiger partial charge in [-0.2, -0.15) is 13.2 Å². The first-order valence-electron chi connectivity index (χ1n) is 8.64. The predicted octanol–water partition coefficient (Wildman–Crippen LogP) is 6.34. The molecule has 3 aromatic rings. The minimum absolute atomic E-state index is 0.0699. The maximum atomic E-state index is 13.2. The molecule has 3 nitrogen and oxygen atoms in total. The number of hydrogen-bond donors (Lipinski definition) is 0. The standard InChI is InChI=1S/C22H17ClF3NO2/c1-28-27-21(15-10-12-17(23)13-11-15)18-7-3-2-6-16(18)14-29-20-9-5-4-8-19(20)22(24,25)26/h2-13H,14H2,1H3/b27-21-. The third kappa shape index (κ3) is 5.09. The van der Waals surface area contributed by atoms with E-state index in [0.29, 0.717) is 21.9 Å². The Bertz CT molecular complexity index is 1000. The van der Waals surface area contributed by atoms with Gasteiger partial charge in [0, 0.05) is 16.1 Å². The highest BCUT2D eigenvalue weighted by Crippen LogP contribution is 2.36. The Morgan fingerprint density at radius 1 is 0.931 bits per heavy atom. The maximum absolute atomic E-state index is 13.2. The van der Waals surface area contributed by atoms with Crippen LogP contribution in [0.3, 0.4) is 0 Å². The first kappa shape index (κ1) is 20.7. The average Bonchev–Trinajstić information content (AvgIpc) is 2.71. The molecular formula is C22H17ClF3NO2.